The molecule has 0 fully saturated rings. The molecular weight excluding hydrogens is 330 g/mol. The summed E-state index contributed by atoms with van der Waals surface area (Å²) in [6.07, 6.45) is 5.03. The number of furan rings is 1. The highest BCUT2D eigenvalue weighted by atomic mass is 79.9. The first kappa shape index (κ1) is 14.8. The SMILES string of the molecule is Brc1cccc2c1CCC2NCCCOCc1ccco1. The molecule has 1 heterocycles. The van der Waals surface area contributed by atoms with Gasteiger partial charge < -0.3 is 14.5 Å². The van der Waals surface area contributed by atoms with Gasteiger partial charge in [0, 0.05) is 17.1 Å². The summed E-state index contributed by atoms with van der Waals surface area (Å²) in [5.74, 6) is 0.887. The summed E-state index contributed by atoms with van der Waals surface area (Å²) >= 11 is 3.64. The van der Waals surface area contributed by atoms with Crippen molar-refractivity contribution in [3.63, 3.8) is 0 Å². The van der Waals surface area contributed by atoms with Crippen LogP contribution in [0.2, 0.25) is 0 Å². The fourth-order valence-corrected chi connectivity index (χ4v) is 3.42. The summed E-state index contributed by atoms with van der Waals surface area (Å²) in [7, 11) is 0. The molecule has 0 aliphatic heterocycles. The van der Waals surface area contributed by atoms with Crippen LogP contribution in [-0.2, 0) is 17.8 Å². The van der Waals surface area contributed by atoms with Gasteiger partial charge in [-0.3, -0.25) is 0 Å². The molecule has 1 N–H and O–H groups in total. The van der Waals surface area contributed by atoms with Gasteiger partial charge in [0.1, 0.15) is 12.4 Å². The largest absolute Gasteiger partial charge is 0.467 e. The minimum Gasteiger partial charge on any atom is -0.467 e. The molecule has 112 valence electrons. The number of benzene rings is 1. The third-order valence-electron chi connectivity index (χ3n) is 3.89. The van der Waals surface area contributed by atoms with Gasteiger partial charge >= 0.3 is 0 Å². The van der Waals surface area contributed by atoms with Gasteiger partial charge in [0.05, 0.1) is 6.26 Å². The first-order chi connectivity index (χ1) is 10.3. The van der Waals surface area contributed by atoms with Crippen molar-refractivity contribution in [2.75, 3.05) is 13.2 Å². The van der Waals surface area contributed by atoms with E-state index in [1.807, 2.05) is 12.1 Å². The number of fused-ring (bicyclic) bond motifs is 1. The summed E-state index contributed by atoms with van der Waals surface area (Å²) < 4.78 is 12.1. The molecule has 1 atom stereocenters. The van der Waals surface area contributed by atoms with Crippen LogP contribution in [0.15, 0.2) is 45.5 Å². The minimum atomic E-state index is 0.488. The Hall–Kier alpha value is -1.10. The second kappa shape index (κ2) is 7.25. The van der Waals surface area contributed by atoms with Crippen molar-refractivity contribution in [2.45, 2.75) is 31.9 Å². The van der Waals surface area contributed by atoms with Crippen molar-refractivity contribution in [2.24, 2.45) is 0 Å². The Balaban J connectivity index is 1.36. The van der Waals surface area contributed by atoms with Crippen molar-refractivity contribution in [3.05, 3.63) is 58.0 Å². The number of ether oxygens (including phenoxy) is 1. The van der Waals surface area contributed by atoms with Gasteiger partial charge in [-0.25, -0.2) is 0 Å². The maximum absolute atomic E-state index is 5.59. The van der Waals surface area contributed by atoms with Crippen LogP contribution in [-0.4, -0.2) is 13.2 Å². The molecule has 21 heavy (non-hydrogen) atoms. The molecular formula is C17H20BrNO2. The van der Waals surface area contributed by atoms with E-state index in [2.05, 4.69) is 39.4 Å². The van der Waals surface area contributed by atoms with Gasteiger partial charge in [0.25, 0.3) is 0 Å². The van der Waals surface area contributed by atoms with Crippen LogP contribution in [0.1, 0.15) is 35.8 Å². The second-order valence-corrected chi connectivity index (χ2v) is 6.19. The highest BCUT2D eigenvalue weighted by Gasteiger charge is 2.22. The number of hydrogen-bond donors (Lipinski definition) is 1. The van der Waals surface area contributed by atoms with Crippen LogP contribution in [0.4, 0.5) is 0 Å². The predicted octanol–water partition coefficient (Wildman–Crippen LogP) is 4.23. The molecule has 1 unspecified atom stereocenters. The highest BCUT2D eigenvalue weighted by Crippen LogP contribution is 2.35. The van der Waals surface area contributed by atoms with E-state index in [0.29, 0.717) is 12.6 Å². The number of rotatable bonds is 7. The lowest BCUT2D eigenvalue weighted by atomic mass is 10.1. The molecule has 0 saturated heterocycles. The molecule has 3 rings (SSSR count). The summed E-state index contributed by atoms with van der Waals surface area (Å²) in [4.78, 5) is 0. The van der Waals surface area contributed by atoms with Crippen LogP contribution in [0.5, 0.6) is 0 Å². The first-order valence-corrected chi connectivity index (χ1v) is 8.24. The quantitative estimate of drug-likeness (QED) is 0.759. The molecule has 3 nitrogen and oxygen atoms in total. The lowest BCUT2D eigenvalue weighted by Crippen LogP contribution is -2.21. The summed E-state index contributed by atoms with van der Waals surface area (Å²) in [5.41, 5.74) is 2.91. The zero-order valence-corrected chi connectivity index (χ0v) is 13.6. The van der Waals surface area contributed by atoms with Gasteiger partial charge in [-0.1, -0.05) is 28.1 Å². The van der Waals surface area contributed by atoms with E-state index in [1.165, 1.54) is 22.0 Å². The van der Waals surface area contributed by atoms with E-state index >= 15 is 0 Å². The van der Waals surface area contributed by atoms with Gasteiger partial charge in [-0.15, -0.1) is 0 Å². The fraction of sp³-hybridized carbons (Fsp3) is 0.412. The van der Waals surface area contributed by atoms with Crippen molar-refractivity contribution >= 4 is 15.9 Å². The Kier molecular flexibility index (Phi) is 5.12. The Morgan fingerprint density at radius 3 is 3.10 bits per heavy atom. The van der Waals surface area contributed by atoms with Gasteiger partial charge in [-0.2, -0.15) is 0 Å². The van der Waals surface area contributed by atoms with Crippen molar-refractivity contribution in [3.8, 4) is 0 Å². The second-order valence-electron chi connectivity index (χ2n) is 5.34. The van der Waals surface area contributed by atoms with Crippen LogP contribution in [0.25, 0.3) is 0 Å². The number of nitrogens with one attached hydrogen (secondary N) is 1. The topological polar surface area (TPSA) is 34.4 Å². The van der Waals surface area contributed by atoms with E-state index in [-0.39, 0.29) is 0 Å². The molecule has 1 aromatic carbocycles. The zero-order chi connectivity index (χ0) is 14.5. The lowest BCUT2D eigenvalue weighted by molar-refractivity contribution is 0.103. The number of halogens is 1. The standard InChI is InChI=1S/C17H20BrNO2/c18-16-6-1-5-15-14(16)7-8-17(15)19-9-3-10-20-12-13-4-2-11-21-13/h1-2,4-6,11,17,19H,3,7-10,12H2. The van der Waals surface area contributed by atoms with Crippen LogP contribution in [0.3, 0.4) is 0 Å². The molecule has 4 heteroatoms. The van der Waals surface area contributed by atoms with E-state index in [1.54, 1.807) is 6.26 Å². The smallest absolute Gasteiger partial charge is 0.129 e. The van der Waals surface area contributed by atoms with E-state index in [4.69, 9.17) is 9.15 Å². The summed E-state index contributed by atoms with van der Waals surface area (Å²) in [6, 6.07) is 10.8. The normalized spacial score (nSPS) is 17.1. The van der Waals surface area contributed by atoms with Gasteiger partial charge in [0.15, 0.2) is 0 Å². The van der Waals surface area contributed by atoms with E-state index in [9.17, 15) is 0 Å². The highest BCUT2D eigenvalue weighted by molar-refractivity contribution is 9.10. The zero-order valence-electron chi connectivity index (χ0n) is 12.0. The van der Waals surface area contributed by atoms with Gasteiger partial charge in [-0.05, 0) is 55.1 Å². The predicted molar refractivity (Wildman–Crippen MR) is 86.2 cm³/mol. The molecule has 0 bridgehead atoms. The lowest BCUT2D eigenvalue weighted by Gasteiger charge is -2.14. The Labute approximate surface area is 133 Å². The molecule has 0 spiro atoms. The molecule has 1 aliphatic carbocycles. The Morgan fingerprint density at radius 1 is 1.29 bits per heavy atom. The summed E-state index contributed by atoms with van der Waals surface area (Å²) in [6.45, 7) is 2.30. The molecule has 0 amide bonds. The monoisotopic (exact) mass is 349 g/mol. The minimum absolute atomic E-state index is 0.488. The molecule has 0 saturated carbocycles. The molecule has 1 aromatic heterocycles. The molecule has 1 aliphatic rings. The van der Waals surface area contributed by atoms with Crippen LogP contribution >= 0.6 is 15.9 Å². The first-order valence-electron chi connectivity index (χ1n) is 7.45. The van der Waals surface area contributed by atoms with Gasteiger partial charge in [0.2, 0.25) is 0 Å². The third-order valence-corrected chi connectivity index (χ3v) is 4.64. The average Bonchev–Trinajstić information content (AvgIpc) is 3.13. The summed E-state index contributed by atoms with van der Waals surface area (Å²) in [5, 5.41) is 3.63. The van der Waals surface area contributed by atoms with E-state index < -0.39 is 0 Å². The van der Waals surface area contributed by atoms with E-state index in [0.717, 1.165) is 31.8 Å². The third kappa shape index (κ3) is 3.76. The van der Waals surface area contributed by atoms with Crippen molar-refractivity contribution < 1.29 is 9.15 Å². The van der Waals surface area contributed by atoms with Crippen LogP contribution in [0, 0.1) is 0 Å². The van der Waals surface area contributed by atoms with Crippen molar-refractivity contribution in [1.82, 2.24) is 5.32 Å². The fourth-order valence-electron chi connectivity index (χ4n) is 2.84. The number of hydrogen-bond acceptors (Lipinski definition) is 3. The van der Waals surface area contributed by atoms with Crippen LogP contribution < -0.4 is 5.32 Å². The Bertz CT molecular complexity index is 568. The Morgan fingerprint density at radius 2 is 2.24 bits per heavy atom. The maximum atomic E-state index is 5.59. The molecule has 2 aromatic rings. The maximum Gasteiger partial charge on any atom is 0.129 e. The van der Waals surface area contributed by atoms with Crippen molar-refractivity contribution in [1.29, 1.82) is 0 Å². The molecule has 0 radical (unpaired) electrons. The average molecular weight is 350 g/mol.